The monoisotopic (exact) mass is 379 g/mol. The smallest absolute Gasteiger partial charge is 0.306 e. The fourth-order valence-electron chi connectivity index (χ4n) is 2.24. The van der Waals surface area contributed by atoms with Crippen molar-refractivity contribution in [3.05, 3.63) is 51.3 Å². The van der Waals surface area contributed by atoms with E-state index in [0.717, 1.165) is 15.7 Å². The lowest BCUT2D eigenvalue weighted by molar-refractivity contribution is -0.146. The molecule has 0 spiro atoms. The van der Waals surface area contributed by atoms with Gasteiger partial charge in [-0.2, -0.15) is 0 Å². The summed E-state index contributed by atoms with van der Waals surface area (Å²) < 4.78 is 11.2. The van der Waals surface area contributed by atoms with Crippen LogP contribution in [0.1, 0.15) is 40.7 Å². The molecule has 6 heteroatoms. The van der Waals surface area contributed by atoms with Crippen molar-refractivity contribution in [2.24, 2.45) is 0 Å². The van der Waals surface area contributed by atoms with E-state index in [1.807, 2.05) is 6.92 Å². The molecule has 1 aromatic carbocycles. The van der Waals surface area contributed by atoms with Crippen LogP contribution in [0.5, 0.6) is 0 Å². The topological polar surface area (TPSA) is 69.4 Å². The summed E-state index contributed by atoms with van der Waals surface area (Å²) >= 11 is 3.31. The van der Waals surface area contributed by atoms with Crippen LogP contribution in [0.2, 0.25) is 0 Å². The van der Waals surface area contributed by atoms with Gasteiger partial charge in [0, 0.05) is 22.0 Å². The zero-order chi connectivity index (χ0) is 17.0. The summed E-state index contributed by atoms with van der Waals surface area (Å²) in [6, 6.07) is 6.94. The molecule has 0 N–H and O–H groups in total. The van der Waals surface area contributed by atoms with Crippen LogP contribution in [0.4, 0.5) is 0 Å². The minimum atomic E-state index is -0.812. The van der Waals surface area contributed by atoms with Crippen molar-refractivity contribution in [2.45, 2.75) is 39.7 Å². The summed E-state index contributed by atoms with van der Waals surface area (Å²) in [5.74, 6) is 0.0698. The number of esters is 1. The van der Waals surface area contributed by atoms with Crippen molar-refractivity contribution in [3.63, 3.8) is 0 Å². The molecule has 0 unspecified atom stereocenters. The van der Waals surface area contributed by atoms with E-state index >= 15 is 0 Å². The number of ether oxygens (including phenoxy) is 1. The van der Waals surface area contributed by atoms with E-state index in [4.69, 9.17) is 9.26 Å². The quantitative estimate of drug-likeness (QED) is 0.563. The third-order valence-electron chi connectivity index (χ3n) is 3.57. The molecule has 0 bridgehead atoms. The van der Waals surface area contributed by atoms with Crippen LogP contribution in [-0.4, -0.2) is 23.0 Å². The van der Waals surface area contributed by atoms with Crippen LogP contribution in [0, 0.1) is 13.8 Å². The summed E-state index contributed by atoms with van der Waals surface area (Å²) in [6.45, 7) is 5.22. The number of rotatable bonds is 6. The number of Topliss-reactive ketones (excluding diaryl/α,β-unsaturated/α-hetero) is 1. The predicted octanol–water partition coefficient (Wildman–Crippen LogP) is 3.80. The van der Waals surface area contributed by atoms with E-state index < -0.39 is 12.1 Å². The van der Waals surface area contributed by atoms with Gasteiger partial charge in [-0.15, -0.1) is 0 Å². The highest BCUT2D eigenvalue weighted by Gasteiger charge is 2.20. The molecule has 0 aliphatic rings. The van der Waals surface area contributed by atoms with Crippen molar-refractivity contribution in [2.75, 3.05) is 0 Å². The highest BCUT2D eigenvalue weighted by atomic mass is 79.9. The van der Waals surface area contributed by atoms with Gasteiger partial charge in [0.15, 0.2) is 6.10 Å². The van der Waals surface area contributed by atoms with Gasteiger partial charge in [0.1, 0.15) is 5.76 Å². The summed E-state index contributed by atoms with van der Waals surface area (Å²) in [7, 11) is 0. The van der Waals surface area contributed by atoms with Crippen LogP contribution >= 0.6 is 15.9 Å². The standard InChI is InChI=1S/C17H18BrNO4/c1-10-15(11(2)23-19-10)8-9-16(20)22-12(3)17(21)13-4-6-14(18)7-5-13/h4-7,12H,8-9H2,1-3H3/t12-/m1/s1. The van der Waals surface area contributed by atoms with Crippen LogP contribution < -0.4 is 0 Å². The normalized spacial score (nSPS) is 12.0. The Kier molecular flexibility index (Phi) is 5.71. The molecule has 122 valence electrons. The Labute approximate surface area is 143 Å². The SMILES string of the molecule is Cc1noc(C)c1CCC(=O)O[C@H](C)C(=O)c1ccc(Br)cc1. The van der Waals surface area contributed by atoms with E-state index in [1.165, 1.54) is 0 Å². The minimum absolute atomic E-state index is 0.181. The molecular formula is C17H18BrNO4. The number of hydrogen-bond donors (Lipinski definition) is 0. The number of hydrogen-bond acceptors (Lipinski definition) is 5. The lowest BCUT2D eigenvalue weighted by Gasteiger charge is -2.12. The van der Waals surface area contributed by atoms with Gasteiger partial charge in [-0.05, 0) is 39.3 Å². The molecule has 1 atom stereocenters. The van der Waals surface area contributed by atoms with Crippen LogP contribution in [-0.2, 0) is 16.0 Å². The van der Waals surface area contributed by atoms with Gasteiger partial charge in [-0.25, -0.2) is 0 Å². The number of halogens is 1. The molecule has 0 aliphatic heterocycles. The third kappa shape index (κ3) is 4.51. The van der Waals surface area contributed by atoms with Crippen LogP contribution in [0.3, 0.4) is 0 Å². The van der Waals surface area contributed by atoms with Crippen molar-refractivity contribution in [1.82, 2.24) is 5.16 Å². The van der Waals surface area contributed by atoms with E-state index in [9.17, 15) is 9.59 Å². The molecule has 2 aromatic rings. The third-order valence-corrected chi connectivity index (χ3v) is 4.10. The van der Waals surface area contributed by atoms with Gasteiger partial charge in [0.05, 0.1) is 5.69 Å². The molecular weight excluding hydrogens is 362 g/mol. The Morgan fingerprint density at radius 3 is 2.48 bits per heavy atom. The van der Waals surface area contributed by atoms with Gasteiger partial charge in [0.2, 0.25) is 5.78 Å². The van der Waals surface area contributed by atoms with Crippen molar-refractivity contribution >= 4 is 27.7 Å². The number of carbonyl (C=O) groups excluding carboxylic acids is 2. The zero-order valence-electron chi connectivity index (χ0n) is 13.3. The molecule has 1 heterocycles. The summed E-state index contributed by atoms with van der Waals surface area (Å²) in [5, 5.41) is 3.84. The van der Waals surface area contributed by atoms with Crippen molar-refractivity contribution < 1.29 is 18.8 Å². The van der Waals surface area contributed by atoms with E-state index in [1.54, 1.807) is 38.1 Å². The molecule has 5 nitrogen and oxygen atoms in total. The highest BCUT2D eigenvalue weighted by molar-refractivity contribution is 9.10. The maximum Gasteiger partial charge on any atom is 0.306 e. The number of carbonyl (C=O) groups is 2. The van der Waals surface area contributed by atoms with E-state index in [2.05, 4.69) is 21.1 Å². The Morgan fingerprint density at radius 2 is 1.91 bits per heavy atom. The second kappa shape index (κ2) is 7.55. The first kappa shape index (κ1) is 17.4. The zero-order valence-corrected chi connectivity index (χ0v) is 14.8. The highest BCUT2D eigenvalue weighted by Crippen LogP contribution is 2.16. The van der Waals surface area contributed by atoms with Crippen LogP contribution in [0.15, 0.2) is 33.3 Å². The molecule has 0 saturated carbocycles. The van der Waals surface area contributed by atoms with E-state index in [0.29, 0.717) is 17.7 Å². The van der Waals surface area contributed by atoms with Crippen molar-refractivity contribution in [1.29, 1.82) is 0 Å². The molecule has 1 aromatic heterocycles. The first-order valence-electron chi connectivity index (χ1n) is 7.29. The fourth-order valence-corrected chi connectivity index (χ4v) is 2.51. The Bertz CT molecular complexity index is 686. The summed E-state index contributed by atoms with van der Waals surface area (Å²) in [6.07, 6.45) is -0.145. The second-order valence-corrected chi connectivity index (χ2v) is 6.22. The molecule has 23 heavy (non-hydrogen) atoms. The predicted molar refractivity (Wildman–Crippen MR) is 88.3 cm³/mol. The lowest BCUT2D eigenvalue weighted by Crippen LogP contribution is -2.24. The number of aromatic nitrogens is 1. The molecule has 2 rings (SSSR count). The molecule has 0 amide bonds. The first-order valence-corrected chi connectivity index (χ1v) is 8.08. The fraction of sp³-hybridized carbons (Fsp3) is 0.353. The first-order chi connectivity index (χ1) is 10.9. The van der Waals surface area contributed by atoms with Gasteiger partial charge < -0.3 is 9.26 Å². The van der Waals surface area contributed by atoms with Crippen LogP contribution in [0.25, 0.3) is 0 Å². The minimum Gasteiger partial charge on any atom is -0.454 e. The maximum absolute atomic E-state index is 12.2. The van der Waals surface area contributed by atoms with E-state index in [-0.39, 0.29) is 12.2 Å². The lowest BCUT2D eigenvalue weighted by atomic mass is 10.1. The molecule has 0 radical (unpaired) electrons. The Morgan fingerprint density at radius 1 is 1.26 bits per heavy atom. The molecule has 0 aliphatic carbocycles. The number of benzene rings is 1. The second-order valence-electron chi connectivity index (χ2n) is 5.31. The summed E-state index contributed by atoms with van der Waals surface area (Å²) in [5.41, 5.74) is 2.20. The maximum atomic E-state index is 12.2. The summed E-state index contributed by atoms with van der Waals surface area (Å²) in [4.78, 5) is 24.1. The van der Waals surface area contributed by atoms with Crippen molar-refractivity contribution in [3.8, 4) is 0 Å². The largest absolute Gasteiger partial charge is 0.454 e. The Balaban J connectivity index is 1.89. The van der Waals surface area contributed by atoms with Gasteiger partial charge in [0.25, 0.3) is 0 Å². The molecule has 0 saturated heterocycles. The average Bonchev–Trinajstić information content (AvgIpc) is 2.84. The van der Waals surface area contributed by atoms with Gasteiger partial charge in [-0.1, -0.05) is 33.2 Å². The average molecular weight is 380 g/mol. The Hall–Kier alpha value is -1.95. The number of nitrogens with zero attached hydrogens (tertiary/aromatic N) is 1. The van der Waals surface area contributed by atoms with Gasteiger partial charge >= 0.3 is 5.97 Å². The number of ketones is 1. The van der Waals surface area contributed by atoms with Gasteiger partial charge in [-0.3, -0.25) is 9.59 Å². The molecule has 0 fully saturated rings. The number of aryl methyl sites for hydroxylation is 2.